The number of aliphatic hydroxyl groups is 2. The predicted molar refractivity (Wildman–Crippen MR) is 64.3 cm³/mol. The second-order valence-corrected chi connectivity index (χ2v) is 4.15. The highest BCUT2D eigenvalue weighted by atomic mass is 16.4. The number of imidazole rings is 1. The van der Waals surface area contributed by atoms with Crippen LogP contribution < -0.4 is 0 Å². The number of aliphatic hydroxyl groups excluding tert-OH is 2. The molecule has 0 fully saturated rings. The van der Waals surface area contributed by atoms with Crippen LogP contribution in [0.4, 0.5) is 0 Å². The largest absolute Gasteiger partial charge is 0.478 e. The van der Waals surface area contributed by atoms with Gasteiger partial charge in [-0.2, -0.15) is 0 Å². The topological polar surface area (TPSA) is 95.6 Å². The third kappa shape index (κ3) is 2.20. The van der Waals surface area contributed by atoms with Crippen molar-refractivity contribution in [1.82, 2.24) is 9.55 Å². The van der Waals surface area contributed by atoms with Gasteiger partial charge in [-0.3, -0.25) is 0 Å². The van der Waals surface area contributed by atoms with Gasteiger partial charge in [-0.05, 0) is 25.1 Å². The molecule has 0 amide bonds. The summed E-state index contributed by atoms with van der Waals surface area (Å²) in [5.74, 6) is -0.610. The lowest BCUT2D eigenvalue weighted by Crippen LogP contribution is -2.14. The molecule has 1 heterocycles. The first kappa shape index (κ1) is 12.5. The van der Waals surface area contributed by atoms with E-state index in [0.717, 1.165) is 0 Å². The summed E-state index contributed by atoms with van der Waals surface area (Å²) in [4.78, 5) is 15.0. The summed E-state index contributed by atoms with van der Waals surface area (Å²) in [6.45, 7) is 1.68. The quantitative estimate of drug-likeness (QED) is 0.738. The van der Waals surface area contributed by atoms with Crippen LogP contribution in [-0.2, 0) is 13.2 Å². The lowest BCUT2D eigenvalue weighted by molar-refractivity contribution is 0.0697. The van der Waals surface area contributed by atoms with E-state index in [1.165, 1.54) is 12.1 Å². The van der Waals surface area contributed by atoms with E-state index in [9.17, 15) is 15.0 Å². The predicted octanol–water partition coefficient (Wildman–Crippen LogP) is 0.608. The Hall–Kier alpha value is -1.92. The third-order valence-corrected chi connectivity index (χ3v) is 2.66. The second kappa shape index (κ2) is 4.75. The van der Waals surface area contributed by atoms with Gasteiger partial charge in [0.25, 0.3) is 0 Å². The second-order valence-electron chi connectivity index (χ2n) is 4.15. The van der Waals surface area contributed by atoms with Crippen LogP contribution in [0.1, 0.15) is 23.1 Å². The summed E-state index contributed by atoms with van der Waals surface area (Å²) in [7, 11) is 0. The first-order chi connectivity index (χ1) is 8.52. The van der Waals surface area contributed by atoms with E-state index in [0.29, 0.717) is 23.4 Å². The van der Waals surface area contributed by atoms with E-state index < -0.39 is 12.1 Å². The molecule has 18 heavy (non-hydrogen) atoms. The van der Waals surface area contributed by atoms with Crippen LogP contribution in [0.25, 0.3) is 11.0 Å². The molecule has 2 rings (SSSR count). The molecule has 0 aliphatic carbocycles. The molecule has 6 nitrogen and oxygen atoms in total. The number of aromatic carboxylic acids is 1. The lowest BCUT2D eigenvalue weighted by atomic mass is 10.2. The fraction of sp³-hybridized carbons (Fsp3) is 0.333. The van der Waals surface area contributed by atoms with E-state index in [4.69, 9.17) is 5.11 Å². The zero-order valence-corrected chi connectivity index (χ0v) is 9.87. The van der Waals surface area contributed by atoms with Gasteiger partial charge < -0.3 is 19.9 Å². The Kier molecular flexibility index (Phi) is 3.31. The minimum atomic E-state index is -1.02. The van der Waals surface area contributed by atoms with E-state index in [-0.39, 0.29) is 12.2 Å². The average Bonchev–Trinajstić information content (AvgIpc) is 2.65. The molecule has 1 unspecified atom stereocenters. The molecule has 0 aliphatic rings. The SMILES string of the molecule is CC(O)Cn1c(CO)nc2cc(C(=O)O)ccc21. The van der Waals surface area contributed by atoms with Crippen molar-refractivity contribution in [2.45, 2.75) is 26.2 Å². The first-order valence-corrected chi connectivity index (χ1v) is 5.54. The summed E-state index contributed by atoms with van der Waals surface area (Å²) >= 11 is 0. The Morgan fingerprint density at radius 3 is 2.78 bits per heavy atom. The summed E-state index contributed by atoms with van der Waals surface area (Å²) in [5, 5.41) is 27.6. The van der Waals surface area contributed by atoms with E-state index in [1.54, 1.807) is 17.6 Å². The average molecular weight is 250 g/mol. The van der Waals surface area contributed by atoms with Gasteiger partial charge in [0.1, 0.15) is 12.4 Å². The van der Waals surface area contributed by atoms with Gasteiger partial charge in [0.05, 0.1) is 29.2 Å². The molecule has 1 aromatic heterocycles. The van der Waals surface area contributed by atoms with Gasteiger partial charge in [-0.15, -0.1) is 0 Å². The number of hydrogen-bond acceptors (Lipinski definition) is 4. The lowest BCUT2D eigenvalue weighted by Gasteiger charge is -2.09. The molecular formula is C12H14N2O4. The molecule has 1 atom stereocenters. The van der Waals surface area contributed by atoms with Crippen LogP contribution >= 0.6 is 0 Å². The molecule has 1 aromatic carbocycles. The van der Waals surface area contributed by atoms with Crippen molar-refractivity contribution in [3.63, 3.8) is 0 Å². The van der Waals surface area contributed by atoms with Crippen molar-refractivity contribution in [3.8, 4) is 0 Å². The minimum Gasteiger partial charge on any atom is -0.478 e. The Labute approximate surface area is 103 Å². The van der Waals surface area contributed by atoms with Gasteiger partial charge in [0.2, 0.25) is 0 Å². The fourth-order valence-electron chi connectivity index (χ4n) is 1.90. The van der Waals surface area contributed by atoms with Gasteiger partial charge >= 0.3 is 5.97 Å². The van der Waals surface area contributed by atoms with Crippen LogP contribution in [-0.4, -0.2) is 36.9 Å². The van der Waals surface area contributed by atoms with Crippen LogP contribution in [0.15, 0.2) is 18.2 Å². The van der Waals surface area contributed by atoms with Gasteiger partial charge in [-0.1, -0.05) is 0 Å². The van der Waals surface area contributed by atoms with E-state index in [2.05, 4.69) is 4.98 Å². The highest BCUT2D eigenvalue weighted by Crippen LogP contribution is 2.19. The fourth-order valence-corrected chi connectivity index (χ4v) is 1.90. The monoisotopic (exact) mass is 250 g/mol. The number of nitrogens with zero attached hydrogens (tertiary/aromatic N) is 2. The minimum absolute atomic E-state index is 0.147. The summed E-state index contributed by atoms with van der Waals surface area (Å²) < 4.78 is 1.69. The molecule has 0 aliphatic heterocycles. The number of carboxylic acid groups (broad SMARTS) is 1. The van der Waals surface area contributed by atoms with Crippen molar-refractivity contribution in [2.24, 2.45) is 0 Å². The number of carboxylic acids is 1. The number of carbonyl (C=O) groups is 1. The molecule has 2 aromatic rings. The van der Waals surface area contributed by atoms with Gasteiger partial charge in [0.15, 0.2) is 0 Å². The molecule has 0 saturated carbocycles. The van der Waals surface area contributed by atoms with Crippen molar-refractivity contribution in [3.05, 3.63) is 29.6 Å². The standard InChI is InChI=1S/C12H14N2O4/c1-7(16)5-14-10-3-2-8(12(17)18)4-9(10)13-11(14)6-15/h2-4,7,15-16H,5-6H2,1H3,(H,17,18). The zero-order chi connectivity index (χ0) is 13.3. The summed E-state index contributed by atoms with van der Waals surface area (Å²) in [5.41, 5.74) is 1.35. The molecule has 0 radical (unpaired) electrons. The number of fused-ring (bicyclic) bond motifs is 1. The Morgan fingerprint density at radius 2 is 2.22 bits per heavy atom. The summed E-state index contributed by atoms with van der Waals surface area (Å²) in [6.07, 6.45) is -0.577. The summed E-state index contributed by atoms with van der Waals surface area (Å²) in [6, 6.07) is 4.56. The maximum atomic E-state index is 10.9. The number of aromatic nitrogens is 2. The molecular weight excluding hydrogens is 236 g/mol. The van der Waals surface area contributed by atoms with Crippen LogP contribution in [0.2, 0.25) is 0 Å². The van der Waals surface area contributed by atoms with E-state index in [1.807, 2.05) is 0 Å². The highest BCUT2D eigenvalue weighted by molar-refractivity contribution is 5.92. The molecule has 0 saturated heterocycles. The maximum Gasteiger partial charge on any atom is 0.335 e. The Morgan fingerprint density at radius 1 is 1.50 bits per heavy atom. The third-order valence-electron chi connectivity index (χ3n) is 2.66. The van der Waals surface area contributed by atoms with Crippen LogP contribution in [0, 0.1) is 0 Å². The van der Waals surface area contributed by atoms with Crippen molar-refractivity contribution in [2.75, 3.05) is 0 Å². The molecule has 3 N–H and O–H groups in total. The number of benzene rings is 1. The maximum absolute atomic E-state index is 10.9. The van der Waals surface area contributed by atoms with Gasteiger partial charge in [0, 0.05) is 0 Å². The number of hydrogen-bond donors (Lipinski definition) is 3. The zero-order valence-electron chi connectivity index (χ0n) is 9.87. The van der Waals surface area contributed by atoms with Crippen LogP contribution in [0.5, 0.6) is 0 Å². The molecule has 0 spiro atoms. The van der Waals surface area contributed by atoms with Crippen molar-refractivity contribution >= 4 is 17.0 Å². The van der Waals surface area contributed by atoms with E-state index >= 15 is 0 Å². The van der Waals surface area contributed by atoms with Gasteiger partial charge in [-0.25, -0.2) is 9.78 Å². The smallest absolute Gasteiger partial charge is 0.335 e. The Balaban J connectivity index is 2.58. The van der Waals surface area contributed by atoms with Crippen molar-refractivity contribution < 1.29 is 20.1 Å². The Bertz CT molecular complexity index is 589. The highest BCUT2D eigenvalue weighted by Gasteiger charge is 2.13. The number of rotatable bonds is 4. The van der Waals surface area contributed by atoms with Crippen molar-refractivity contribution in [1.29, 1.82) is 0 Å². The van der Waals surface area contributed by atoms with Crippen LogP contribution in [0.3, 0.4) is 0 Å². The normalized spacial score (nSPS) is 12.8. The molecule has 6 heteroatoms. The molecule has 0 bridgehead atoms. The first-order valence-electron chi connectivity index (χ1n) is 5.54. The molecule has 96 valence electrons.